The van der Waals surface area contributed by atoms with E-state index in [4.69, 9.17) is 14.4 Å². The highest BCUT2D eigenvalue weighted by Gasteiger charge is 2.31. The molecule has 2 rings (SSSR count). The lowest BCUT2D eigenvalue weighted by molar-refractivity contribution is -0.144. The quantitative estimate of drug-likeness (QED) is 0.859. The molecule has 0 bridgehead atoms. The number of methoxy groups -OCH3 is 1. The molecule has 1 aromatic rings. The van der Waals surface area contributed by atoms with Crippen molar-refractivity contribution in [3.63, 3.8) is 0 Å². The fourth-order valence-corrected chi connectivity index (χ4v) is 2.85. The van der Waals surface area contributed by atoms with E-state index in [2.05, 4.69) is 5.16 Å². The Bertz CT molecular complexity index is 532. The van der Waals surface area contributed by atoms with Gasteiger partial charge in [0.1, 0.15) is 5.92 Å². The van der Waals surface area contributed by atoms with Gasteiger partial charge >= 0.3 is 12.1 Å². The van der Waals surface area contributed by atoms with Gasteiger partial charge in [-0.3, -0.25) is 4.79 Å². The number of nitrogens with zero attached hydrogens (tertiary/aromatic N) is 2. The molecule has 1 aromatic heterocycles. The number of aromatic nitrogens is 1. The largest absolute Gasteiger partial charge is 0.468 e. The summed E-state index contributed by atoms with van der Waals surface area (Å²) in [5, 5.41) is 13.0. The first-order valence-corrected chi connectivity index (χ1v) is 7.46. The molecule has 1 aliphatic heterocycles. The number of rotatable bonds is 4. The van der Waals surface area contributed by atoms with Crippen molar-refractivity contribution in [1.29, 1.82) is 0 Å². The van der Waals surface area contributed by atoms with Gasteiger partial charge in [-0.1, -0.05) is 19.0 Å². The van der Waals surface area contributed by atoms with Crippen LogP contribution in [0.3, 0.4) is 0 Å². The highest BCUT2D eigenvalue weighted by Crippen LogP contribution is 2.32. The molecule has 1 atom stereocenters. The minimum Gasteiger partial charge on any atom is -0.468 e. The number of piperidine rings is 1. The lowest BCUT2D eigenvalue weighted by atomic mass is 9.90. The average molecular weight is 310 g/mol. The second-order valence-electron chi connectivity index (χ2n) is 5.94. The molecule has 2 heterocycles. The molecule has 7 heteroatoms. The minimum absolute atomic E-state index is 0.0436. The Kier molecular flexibility index (Phi) is 5.05. The number of carbonyl (C=O) groups is 2. The van der Waals surface area contributed by atoms with E-state index in [1.165, 1.54) is 12.0 Å². The zero-order valence-corrected chi connectivity index (χ0v) is 13.1. The maximum atomic E-state index is 11.9. The van der Waals surface area contributed by atoms with Gasteiger partial charge in [-0.15, -0.1) is 0 Å². The summed E-state index contributed by atoms with van der Waals surface area (Å²) in [5.74, 6) is -0.0815. The first-order valence-electron chi connectivity index (χ1n) is 7.46. The van der Waals surface area contributed by atoms with Gasteiger partial charge in [-0.2, -0.15) is 0 Å². The Labute approximate surface area is 129 Å². The summed E-state index contributed by atoms with van der Waals surface area (Å²) in [6, 6.07) is 1.81. The number of carbonyl (C=O) groups excluding carboxylic acids is 1. The SMILES string of the molecule is COC(=O)C(c1cc(C2CCN(C(=O)O)CC2)no1)C(C)C. The van der Waals surface area contributed by atoms with Gasteiger partial charge in [0.15, 0.2) is 5.76 Å². The minimum atomic E-state index is -0.884. The summed E-state index contributed by atoms with van der Waals surface area (Å²) in [7, 11) is 1.36. The summed E-state index contributed by atoms with van der Waals surface area (Å²) >= 11 is 0. The van der Waals surface area contributed by atoms with E-state index >= 15 is 0 Å². The molecule has 0 spiro atoms. The molecular formula is C15H22N2O5. The number of carboxylic acid groups (broad SMARTS) is 1. The second-order valence-corrected chi connectivity index (χ2v) is 5.94. The van der Waals surface area contributed by atoms with Gasteiger partial charge in [0.2, 0.25) is 0 Å². The van der Waals surface area contributed by atoms with Crippen molar-refractivity contribution >= 4 is 12.1 Å². The number of hydrogen-bond donors (Lipinski definition) is 1. The molecule has 0 aromatic carbocycles. The van der Waals surface area contributed by atoms with Crippen LogP contribution in [0.2, 0.25) is 0 Å². The van der Waals surface area contributed by atoms with E-state index in [0.29, 0.717) is 31.7 Å². The zero-order chi connectivity index (χ0) is 16.3. The third-order valence-corrected chi connectivity index (χ3v) is 4.16. The van der Waals surface area contributed by atoms with E-state index in [-0.39, 0.29) is 17.8 Å². The maximum Gasteiger partial charge on any atom is 0.407 e. The van der Waals surface area contributed by atoms with Crippen molar-refractivity contribution in [3.05, 3.63) is 17.5 Å². The molecule has 7 nitrogen and oxygen atoms in total. The van der Waals surface area contributed by atoms with E-state index in [0.717, 1.165) is 5.69 Å². The highest BCUT2D eigenvalue weighted by atomic mass is 16.5. The van der Waals surface area contributed by atoms with Crippen molar-refractivity contribution in [2.75, 3.05) is 20.2 Å². The van der Waals surface area contributed by atoms with Gasteiger partial charge in [0.05, 0.1) is 12.8 Å². The molecule has 0 aliphatic carbocycles. The molecule has 1 saturated heterocycles. The van der Waals surface area contributed by atoms with Crippen LogP contribution in [0.25, 0.3) is 0 Å². The molecule has 1 amide bonds. The molecule has 1 unspecified atom stereocenters. The average Bonchev–Trinajstić information content (AvgIpc) is 2.96. The van der Waals surface area contributed by atoms with Crippen molar-refractivity contribution in [2.45, 2.75) is 38.5 Å². The van der Waals surface area contributed by atoms with Gasteiger partial charge in [0.25, 0.3) is 0 Å². The Morgan fingerprint density at radius 1 is 1.41 bits per heavy atom. The summed E-state index contributed by atoms with van der Waals surface area (Å²) in [6.07, 6.45) is 0.538. The van der Waals surface area contributed by atoms with E-state index in [9.17, 15) is 9.59 Å². The predicted octanol–water partition coefficient (Wildman–Crippen LogP) is 2.44. The van der Waals surface area contributed by atoms with Gasteiger partial charge in [-0.25, -0.2) is 4.79 Å². The number of esters is 1. The third-order valence-electron chi connectivity index (χ3n) is 4.16. The number of ether oxygens (including phenoxy) is 1. The van der Waals surface area contributed by atoms with Crippen LogP contribution in [0.15, 0.2) is 10.6 Å². The molecule has 0 saturated carbocycles. The number of amides is 1. The zero-order valence-electron chi connectivity index (χ0n) is 13.1. The Morgan fingerprint density at radius 2 is 2.05 bits per heavy atom. The van der Waals surface area contributed by atoms with Gasteiger partial charge in [0, 0.05) is 25.1 Å². The van der Waals surface area contributed by atoms with Crippen LogP contribution in [-0.4, -0.2) is 47.4 Å². The monoisotopic (exact) mass is 310 g/mol. The Morgan fingerprint density at radius 3 is 2.55 bits per heavy atom. The molecule has 1 N–H and O–H groups in total. The first-order chi connectivity index (χ1) is 10.4. The fourth-order valence-electron chi connectivity index (χ4n) is 2.85. The van der Waals surface area contributed by atoms with Crippen LogP contribution in [-0.2, 0) is 9.53 Å². The van der Waals surface area contributed by atoms with Crippen LogP contribution < -0.4 is 0 Å². The summed E-state index contributed by atoms with van der Waals surface area (Å²) in [4.78, 5) is 24.2. The first kappa shape index (κ1) is 16.3. The van der Waals surface area contributed by atoms with Crippen molar-refractivity contribution in [1.82, 2.24) is 10.1 Å². The Hall–Kier alpha value is -2.05. The smallest absolute Gasteiger partial charge is 0.407 e. The second kappa shape index (κ2) is 6.81. The predicted molar refractivity (Wildman–Crippen MR) is 77.7 cm³/mol. The van der Waals surface area contributed by atoms with Crippen molar-refractivity contribution in [3.8, 4) is 0 Å². The summed E-state index contributed by atoms with van der Waals surface area (Å²) < 4.78 is 10.2. The van der Waals surface area contributed by atoms with Gasteiger partial charge < -0.3 is 19.3 Å². The van der Waals surface area contributed by atoms with Crippen molar-refractivity contribution < 1.29 is 24.0 Å². The molecule has 1 fully saturated rings. The standard InChI is InChI=1S/C15H22N2O5/c1-9(2)13(14(18)21-3)12-8-11(16-22-12)10-4-6-17(7-5-10)15(19)20/h8-10,13H,4-7H2,1-3H3,(H,19,20). The topological polar surface area (TPSA) is 92.9 Å². The van der Waals surface area contributed by atoms with Crippen LogP contribution in [0.1, 0.15) is 50.0 Å². The summed E-state index contributed by atoms with van der Waals surface area (Å²) in [5.41, 5.74) is 0.787. The van der Waals surface area contributed by atoms with E-state index < -0.39 is 12.0 Å². The van der Waals surface area contributed by atoms with Crippen LogP contribution in [0.5, 0.6) is 0 Å². The summed E-state index contributed by atoms with van der Waals surface area (Å²) in [6.45, 7) is 4.84. The number of likely N-dealkylation sites (tertiary alicyclic amines) is 1. The lowest BCUT2D eigenvalue weighted by Gasteiger charge is -2.28. The molecule has 1 aliphatic rings. The van der Waals surface area contributed by atoms with Gasteiger partial charge in [-0.05, 0) is 18.8 Å². The van der Waals surface area contributed by atoms with Crippen LogP contribution in [0.4, 0.5) is 4.79 Å². The molecular weight excluding hydrogens is 288 g/mol. The van der Waals surface area contributed by atoms with Crippen LogP contribution in [0, 0.1) is 5.92 Å². The van der Waals surface area contributed by atoms with E-state index in [1.54, 1.807) is 0 Å². The molecule has 122 valence electrons. The lowest BCUT2D eigenvalue weighted by Crippen LogP contribution is -2.36. The normalized spacial score (nSPS) is 17.5. The highest BCUT2D eigenvalue weighted by molar-refractivity contribution is 5.77. The Balaban J connectivity index is 2.08. The van der Waals surface area contributed by atoms with E-state index in [1.807, 2.05) is 19.9 Å². The maximum absolute atomic E-state index is 11.9. The third kappa shape index (κ3) is 3.40. The number of hydrogen-bond acceptors (Lipinski definition) is 5. The van der Waals surface area contributed by atoms with Crippen LogP contribution >= 0.6 is 0 Å². The molecule has 0 radical (unpaired) electrons. The van der Waals surface area contributed by atoms with Crippen molar-refractivity contribution in [2.24, 2.45) is 5.92 Å². The molecule has 22 heavy (non-hydrogen) atoms. The fraction of sp³-hybridized carbons (Fsp3) is 0.667.